The van der Waals surface area contributed by atoms with Crippen molar-refractivity contribution in [3.8, 4) is 0 Å². The van der Waals surface area contributed by atoms with E-state index in [0.29, 0.717) is 32.5 Å². The lowest BCUT2D eigenvalue weighted by Crippen LogP contribution is -2.61. The van der Waals surface area contributed by atoms with Crippen molar-refractivity contribution in [1.82, 2.24) is 9.80 Å². The number of rotatable bonds is 3. The molecule has 1 unspecified atom stereocenters. The number of amides is 1. The smallest absolute Gasteiger partial charge is 0.410 e. The quantitative estimate of drug-likeness (QED) is 0.722. The molecule has 7 heteroatoms. The first-order valence-corrected chi connectivity index (χ1v) is 10.2. The number of carbonyl (C=O) groups excluding carboxylic acids is 2. The number of esters is 1. The number of ether oxygens (including phenoxy) is 3. The van der Waals surface area contributed by atoms with Gasteiger partial charge in [-0.2, -0.15) is 0 Å². The van der Waals surface area contributed by atoms with Gasteiger partial charge in [-0.05, 0) is 39.2 Å². The number of morpholine rings is 1. The SMILES string of the molecule is COC(=O)C1CN(Cc2ccccc2)CC2(CCN(C(=O)OC(C)(C)C)CC2)O1. The number of hydrogen-bond donors (Lipinski definition) is 0. The molecule has 1 atom stereocenters. The van der Waals surface area contributed by atoms with Crippen LogP contribution in [0.1, 0.15) is 39.2 Å². The van der Waals surface area contributed by atoms with Gasteiger partial charge in [-0.3, -0.25) is 4.90 Å². The van der Waals surface area contributed by atoms with Gasteiger partial charge in [0.05, 0.1) is 12.7 Å². The van der Waals surface area contributed by atoms with Crippen LogP contribution in [0.15, 0.2) is 30.3 Å². The number of methoxy groups -OCH3 is 1. The second-order valence-corrected chi connectivity index (χ2v) is 8.94. The molecule has 0 radical (unpaired) electrons. The first-order chi connectivity index (χ1) is 13.7. The molecule has 7 nitrogen and oxygen atoms in total. The molecule has 3 rings (SSSR count). The topological polar surface area (TPSA) is 68.3 Å². The second-order valence-electron chi connectivity index (χ2n) is 8.94. The molecule has 0 N–H and O–H groups in total. The molecule has 2 fully saturated rings. The highest BCUT2D eigenvalue weighted by Gasteiger charge is 2.46. The van der Waals surface area contributed by atoms with Crippen molar-refractivity contribution in [1.29, 1.82) is 0 Å². The summed E-state index contributed by atoms with van der Waals surface area (Å²) in [6.45, 7) is 8.64. The van der Waals surface area contributed by atoms with E-state index in [1.54, 1.807) is 4.90 Å². The van der Waals surface area contributed by atoms with Crippen molar-refractivity contribution in [2.45, 2.75) is 57.5 Å². The highest BCUT2D eigenvalue weighted by molar-refractivity contribution is 5.75. The van der Waals surface area contributed by atoms with E-state index in [4.69, 9.17) is 14.2 Å². The van der Waals surface area contributed by atoms with Gasteiger partial charge in [-0.1, -0.05) is 30.3 Å². The van der Waals surface area contributed by atoms with E-state index in [-0.39, 0.29) is 12.1 Å². The van der Waals surface area contributed by atoms with Crippen molar-refractivity contribution in [3.63, 3.8) is 0 Å². The van der Waals surface area contributed by atoms with Gasteiger partial charge >= 0.3 is 12.1 Å². The Bertz CT molecular complexity index is 708. The number of benzene rings is 1. The zero-order valence-electron chi connectivity index (χ0n) is 17.8. The van der Waals surface area contributed by atoms with Crippen LogP contribution < -0.4 is 0 Å². The van der Waals surface area contributed by atoms with Crippen LogP contribution in [0.25, 0.3) is 0 Å². The van der Waals surface area contributed by atoms with Gasteiger partial charge in [-0.25, -0.2) is 9.59 Å². The molecule has 2 aliphatic rings. The zero-order valence-corrected chi connectivity index (χ0v) is 17.8. The van der Waals surface area contributed by atoms with Crippen LogP contribution in [0, 0.1) is 0 Å². The standard InChI is InChI=1S/C22H32N2O5/c1-21(2,3)29-20(26)24-12-10-22(11-13-24)16-23(14-17-8-6-5-7-9-17)15-18(28-22)19(25)27-4/h5-9,18H,10-16H2,1-4H3. The van der Waals surface area contributed by atoms with E-state index in [1.807, 2.05) is 39.0 Å². The Morgan fingerprint density at radius 1 is 1.17 bits per heavy atom. The summed E-state index contributed by atoms with van der Waals surface area (Å²) in [5.41, 5.74) is 0.208. The third-order valence-electron chi connectivity index (χ3n) is 5.37. The summed E-state index contributed by atoms with van der Waals surface area (Å²) in [5, 5.41) is 0. The highest BCUT2D eigenvalue weighted by Crippen LogP contribution is 2.34. The Morgan fingerprint density at radius 2 is 1.83 bits per heavy atom. The Morgan fingerprint density at radius 3 is 2.41 bits per heavy atom. The predicted molar refractivity (Wildman–Crippen MR) is 108 cm³/mol. The van der Waals surface area contributed by atoms with Gasteiger partial charge in [0.2, 0.25) is 0 Å². The predicted octanol–water partition coefficient (Wildman–Crippen LogP) is 2.83. The minimum Gasteiger partial charge on any atom is -0.467 e. The Kier molecular flexibility index (Phi) is 6.49. The summed E-state index contributed by atoms with van der Waals surface area (Å²) in [7, 11) is 1.39. The summed E-state index contributed by atoms with van der Waals surface area (Å²) in [4.78, 5) is 28.6. The third-order valence-corrected chi connectivity index (χ3v) is 5.37. The molecule has 0 bridgehead atoms. The number of hydrogen-bond acceptors (Lipinski definition) is 6. The molecule has 1 aromatic carbocycles. The third kappa shape index (κ3) is 5.70. The minimum atomic E-state index is -0.620. The number of nitrogens with zero attached hydrogens (tertiary/aromatic N) is 2. The van der Waals surface area contributed by atoms with E-state index in [9.17, 15) is 9.59 Å². The summed E-state index contributed by atoms with van der Waals surface area (Å²) in [6.07, 6.45) is 0.398. The second kappa shape index (κ2) is 8.71. The number of carbonyl (C=O) groups is 2. The first-order valence-electron chi connectivity index (χ1n) is 10.2. The van der Waals surface area contributed by atoms with Crippen LogP contribution >= 0.6 is 0 Å². The molecule has 2 heterocycles. The molecule has 160 valence electrons. The van der Waals surface area contributed by atoms with Crippen LogP contribution in [0.3, 0.4) is 0 Å². The average molecular weight is 405 g/mol. The Balaban J connectivity index is 1.68. The van der Waals surface area contributed by atoms with E-state index >= 15 is 0 Å². The lowest BCUT2D eigenvalue weighted by atomic mass is 9.88. The molecular weight excluding hydrogens is 372 g/mol. The summed E-state index contributed by atoms with van der Waals surface area (Å²) in [6, 6.07) is 10.2. The van der Waals surface area contributed by atoms with Gasteiger partial charge in [-0.15, -0.1) is 0 Å². The van der Waals surface area contributed by atoms with E-state index < -0.39 is 17.3 Å². The van der Waals surface area contributed by atoms with Gasteiger partial charge < -0.3 is 19.1 Å². The van der Waals surface area contributed by atoms with E-state index in [1.165, 1.54) is 12.7 Å². The molecule has 29 heavy (non-hydrogen) atoms. The Labute approximate surface area is 172 Å². The van der Waals surface area contributed by atoms with Crippen molar-refractivity contribution >= 4 is 12.1 Å². The molecule has 0 saturated carbocycles. The van der Waals surface area contributed by atoms with Crippen LogP contribution in [0.2, 0.25) is 0 Å². The van der Waals surface area contributed by atoms with Crippen LogP contribution in [0.4, 0.5) is 4.79 Å². The molecule has 1 aromatic rings. The lowest BCUT2D eigenvalue weighted by Gasteiger charge is -2.49. The maximum Gasteiger partial charge on any atom is 0.410 e. The highest BCUT2D eigenvalue weighted by atomic mass is 16.6. The fraction of sp³-hybridized carbons (Fsp3) is 0.636. The summed E-state index contributed by atoms with van der Waals surface area (Å²) >= 11 is 0. The van der Waals surface area contributed by atoms with Crippen molar-refractivity contribution in [2.75, 3.05) is 33.3 Å². The van der Waals surface area contributed by atoms with E-state index in [0.717, 1.165) is 13.1 Å². The molecule has 2 aliphatic heterocycles. The van der Waals surface area contributed by atoms with Gasteiger partial charge in [0.15, 0.2) is 6.10 Å². The maximum absolute atomic E-state index is 12.4. The number of piperidine rings is 1. The first kappa shape index (κ1) is 21.6. The fourth-order valence-electron chi connectivity index (χ4n) is 4.00. The molecule has 0 aliphatic carbocycles. The fourth-order valence-corrected chi connectivity index (χ4v) is 4.00. The monoisotopic (exact) mass is 404 g/mol. The summed E-state index contributed by atoms with van der Waals surface area (Å²) < 4.78 is 16.7. The maximum atomic E-state index is 12.4. The van der Waals surface area contributed by atoms with Crippen LogP contribution in [-0.4, -0.2) is 72.5 Å². The molecule has 1 amide bonds. The largest absolute Gasteiger partial charge is 0.467 e. The molecular formula is C22H32N2O5. The van der Waals surface area contributed by atoms with Crippen LogP contribution in [-0.2, 0) is 25.5 Å². The van der Waals surface area contributed by atoms with Gasteiger partial charge in [0.25, 0.3) is 0 Å². The van der Waals surface area contributed by atoms with Crippen molar-refractivity contribution < 1.29 is 23.8 Å². The lowest BCUT2D eigenvalue weighted by molar-refractivity contribution is -0.198. The van der Waals surface area contributed by atoms with Crippen LogP contribution in [0.5, 0.6) is 0 Å². The minimum absolute atomic E-state index is 0.297. The van der Waals surface area contributed by atoms with Crippen molar-refractivity contribution in [3.05, 3.63) is 35.9 Å². The number of likely N-dealkylation sites (tertiary alicyclic amines) is 1. The average Bonchev–Trinajstić information content (AvgIpc) is 2.67. The molecule has 1 spiro atoms. The molecule has 2 saturated heterocycles. The van der Waals surface area contributed by atoms with Gasteiger partial charge in [0.1, 0.15) is 5.60 Å². The summed E-state index contributed by atoms with van der Waals surface area (Å²) in [5.74, 6) is -0.350. The van der Waals surface area contributed by atoms with Gasteiger partial charge in [0, 0.05) is 32.7 Å². The zero-order chi connectivity index (χ0) is 21.1. The molecule has 0 aromatic heterocycles. The van der Waals surface area contributed by atoms with Crippen molar-refractivity contribution in [2.24, 2.45) is 0 Å². The normalized spacial score (nSPS) is 22.3. The van der Waals surface area contributed by atoms with E-state index in [2.05, 4.69) is 17.0 Å². The Hall–Kier alpha value is -2.12.